The molecule has 4 atom stereocenters. The zero-order valence-corrected chi connectivity index (χ0v) is 18.0. The summed E-state index contributed by atoms with van der Waals surface area (Å²) in [6.07, 6.45) is 2.70. The van der Waals surface area contributed by atoms with Crippen LogP contribution in [0.5, 0.6) is 5.75 Å². The number of carbonyl (C=O) groups excluding carboxylic acids is 1. The fraction of sp³-hybridized carbons (Fsp3) is 0.400. The van der Waals surface area contributed by atoms with Gasteiger partial charge in [0.05, 0.1) is 0 Å². The minimum Gasteiger partial charge on any atom is -0.487 e. The van der Waals surface area contributed by atoms with Crippen molar-refractivity contribution in [2.24, 2.45) is 5.92 Å². The highest BCUT2D eigenvalue weighted by Crippen LogP contribution is 2.33. The average molecular weight is 422 g/mol. The zero-order chi connectivity index (χ0) is 20.7. The van der Waals surface area contributed by atoms with E-state index in [1.807, 2.05) is 30.3 Å². The van der Waals surface area contributed by atoms with E-state index in [4.69, 9.17) is 4.74 Å². The predicted octanol–water partition coefficient (Wildman–Crippen LogP) is 4.52. The lowest BCUT2D eigenvalue weighted by atomic mass is 9.87. The van der Waals surface area contributed by atoms with Crippen LogP contribution in [0.3, 0.4) is 0 Å². The van der Waals surface area contributed by atoms with Crippen molar-refractivity contribution in [2.45, 2.75) is 50.9 Å². The van der Waals surface area contributed by atoms with Crippen molar-refractivity contribution in [3.05, 3.63) is 63.8 Å². The van der Waals surface area contributed by atoms with Crippen LogP contribution in [-0.4, -0.2) is 35.7 Å². The SMILES string of the molecule is Cc1cc2c(s1)CCC(CNC1CCC(Oc3cccc4ccccc34)C1O)C2=O. The Morgan fingerprint density at radius 1 is 1.13 bits per heavy atom. The molecule has 30 heavy (non-hydrogen) atoms. The van der Waals surface area contributed by atoms with E-state index in [1.54, 1.807) is 11.3 Å². The predicted molar refractivity (Wildman–Crippen MR) is 121 cm³/mol. The van der Waals surface area contributed by atoms with Gasteiger partial charge in [-0.25, -0.2) is 0 Å². The van der Waals surface area contributed by atoms with Crippen LogP contribution in [0.4, 0.5) is 0 Å². The highest BCUT2D eigenvalue weighted by atomic mass is 32.1. The minimum atomic E-state index is -0.582. The molecule has 2 N–H and O–H groups in total. The molecule has 5 heteroatoms. The van der Waals surface area contributed by atoms with Crippen LogP contribution in [0.25, 0.3) is 10.8 Å². The molecule has 5 rings (SSSR count). The molecule has 1 saturated carbocycles. The first kappa shape index (κ1) is 19.7. The van der Waals surface area contributed by atoms with Gasteiger partial charge in [0.2, 0.25) is 0 Å². The highest BCUT2D eigenvalue weighted by Gasteiger charge is 2.37. The van der Waals surface area contributed by atoms with E-state index in [-0.39, 0.29) is 23.8 Å². The third-order valence-corrected chi connectivity index (χ3v) is 7.61. The fourth-order valence-electron chi connectivity index (χ4n) is 4.86. The number of hydrogen-bond acceptors (Lipinski definition) is 5. The number of benzene rings is 2. The summed E-state index contributed by atoms with van der Waals surface area (Å²) in [5.41, 5.74) is 0.916. The van der Waals surface area contributed by atoms with Crippen LogP contribution in [0.2, 0.25) is 0 Å². The molecule has 156 valence electrons. The van der Waals surface area contributed by atoms with Gasteiger partial charge in [-0.1, -0.05) is 36.4 Å². The van der Waals surface area contributed by atoms with Crippen LogP contribution in [0.15, 0.2) is 48.5 Å². The highest BCUT2D eigenvalue weighted by molar-refractivity contribution is 7.12. The summed E-state index contributed by atoms with van der Waals surface area (Å²) >= 11 is 1.74. The van der Waals surface area contributed by atoms with Crippen molar-refractivity contribution in [3.63, 3.8) is 0 Å². The van der Waals surface area contributed by atoms with E-state index in [2.05, 4.69) is 30.4 Å². The molecule has 1 heterocycles. The Hall–Kier alpha value is -2.21. The first-order valence-corrected chi connectivity index (χ1v) is 11.6. The van der Waals surface area contributed by atoms with Gasteiger partial charge >= 0.3 is 0 Å². The molecule has 3 aromatic rings. The molecular weight excluding hydrogens is 394 g/mol. The van der Waals surface area contributed by atoms with Crippen molar-refractivity contribution in [1.29, 1.82) is 0 Å². The van der Waals surface area contributed by atoms with Gasteiger partial charge in [0.15, 0.2) is 5.78 Å². The number of ether oxygens (including phenoxy) is 1. The summed E-state index contributed by atoms with van der Waals surface area (Å²) in [6.45, 7) is 2.68. The number of aryl methyl sites for hydroxylation is 2. The Morgan fingerprint density at radius 2 is 1.97 bits per heavy atom. The lowest BCUT2D eigenvalue weighted by molar-refractivity contribution is 0.0450. The number of Topliss-reactive ketones (excluding diaryl/α,β-unsaturated/α-hetero) is 1. The van der Waals surface area contributed by atoms with E-state index in [9.17, 15) is 9.90 Å². The largest absolute Gasteiger partial charge is 0.487 e. The number of ketones is 1. The molecule has 4 unspecified atom stereocenters. The summed E-state index contributed by atoms with van der Waals surface area (Å²) in [5, 5.41) is 16.5. The molecule has 0 bridgehead atoms. The molecule has 0 spiro atoms. The van der Waals surface area contributed by atoms with Crippen molar-refractivity contribution in [2.75, 3.05) is 6.54 Å². The molecule has 2 aliphatic carbocycles. The Labute approximate surface area is 180 Å². The quantitative estimate of drug-likeness (QED) is 0.636. The molecular formula is C25H27NO3S. The normalized spacial score (nSPS) is 26.1. The van der Waals surface area contributed by atoms with Gasteiger partial charge in [-0.2, -0.15) is 0 Å². The van der Waals surface area contributed by atoms with Gasteiger partial charge < -0.3 is 15.2 Å². The smallest absolute Gasteiger partial charge is 0.168 e. The van der Waals surface area contributed by atoms with Gasteiger partial charge in [0.1, 0.15) is 18.0 Å². The molecule has 4 nitrogen and oxygen atoms in total. The molecule has 2 aliphatic rings. The van der Waals surface area contributed by atoms with E-state index in [0.717, 1.165) is 47.8 Å². The average Bonchev–Trinajstić information content (AvgIpc) is 3.30. The van der Waals surface area contributed by atoms with Crippen LogP contribution >= 0.6 is 11.3 Å². The Morgan fingerprint density at radius 3 is 2.87 bits per heavy atom. The molecule has 1 fully saturated rings. The van der Waals surface area contributed by atoms with Crippen molar-refractivity contribution in [3.8, 4) is 5.75 Å². The number of hydrogen-bond donors (Lipinski definition) is 2. The van der Waals surface area contributed by atoms with Crippen LogP contribution < -0.4 is 10.1 Å². The van der Waals surface area contributed by atoms with Gasteiger partial charge in [-0.05, 0) is 50.1 Å². The van der Waals surface area contributed by atoms with Crippen molar-refractivity contribution in [1.82, 2.24) is 5.32 Å². The van der Waals surface area contributed by atoms with Crippen LogP contribution in [0, 0.1) is 12.8 Å². The Balaban J connectivity index is 1.21. The Bertz CT molecular complexity index is 1070. The second kappa shape index (κ2) is 8.14. The molecule has 0 saturated heterocycles. The fourth-order valence-corrected chi connectivity index (χ4v) is 5.91. The Kier molecular flexibility index (Phi) is 5.35. The lowest BCUT2D eigenvalue weighted by Gasteiger charge is -2.26. The lowest BCUT2D eigenvalue weighted by Crippen LogP contribution is -2.44. The number of aliphatic hydroxyl groups excluding tert-OH is 1. The molecule has 2 aromatic carbocycles. The first-order chi connectivity index (χ1) is 14.6. The monoisotopic (exact) mass is 421 g/mol. The summed E-state index contributed by atoms with van der Waals surface area (Å²) in [4.78, 5) is 15.3. The van der Waals surface area contributed by atoms with E-state index in [0.29, 0.717) is 6.54 Å². The van der Waals surface area contributed by atoms with Gasteiger partial charge in [0.25, 0.3) is 0 Å². The topological polar surface area (TPSA) is 58.6 Å². The molecule has 0 radical (unpaired) electrons. The van der Waals surface area contributed by atoms with Crippen LogP contribution in [0.1, 0.15) is 39.4 Å². The molecule has 0 amide bonds. The van der Waals surface area contributed by atoms with Crippen molar-refractivity contribution >= 4 is 27.9 Å². The summed E-state index contributed by atoms with van der Waals surface area (Å²) < 4.78 is 6.24. The number of thiophene rings is 1. The maximum Gasteiger partial charge on any atom is 0.168 e. The van der Waals surface area contributed by atoms with Gasteiger partial charge in [-0.3, -0.25) is 4.79 Å². The molecule has 0 aliphatic heterocycles. The summed E-state index contributed by atoms with van der Waals surface area (Å²) in [6, 6.07) is 16.2. The van der Waals surface area contributed by atoms with E-state index >= 15 is 0 Å². The number of fused-ring (bicyclic) bond motifs is 2. The maximum absolute atomic E-state index is 12.8. The summed E-state index contributed by atoms with van der Waals surface area (Å²) in [7, 11) is 0. The number of aliphatic hydroxyl groups is 1. The second-order valence-electron chi connectivity index (χ2n) is 8.51. The first-order valence-electron chi connectivity index (χ1n) is 10.8. The number of nitrogens with one attached hydrogen (secondary N) is 1. The number of carbonyl (C=O) groups is 1. The third-order valence-electron chi connectivity index (χ3n) is 6.50. The standard InChI is InChI=1S/C25H27NO3S/c1-15-13-19-23(30-15)12-9-17(24(19)27)14-26-20-10-11-22(25(20)28)29-21-8-4-6-16-5-2-3-7-18(16)21/h2-8,13,17,20,22,25-26,28H,9-12,14H2,1H3. The molecule has 1 aromatic heterocycles. The minimum absolute atomic E-state index is 0.00302. The maximum atomic E-state index is 12.8. The van der Waals surface area contributed by atoms with Crippen molar-refractivity contribution < 1.29 is 14.6 Å². The third kappa shape index (κ3) is 3.66. The zero-order valence-electron chi connectivity index (χ0n) is 17.1. The number of rotatable bonds is 5. The van der Waals surface area contributed by atoms with Gasteiger partial charge in [-0.15, -0.1) is 11.3 Å². The van der Waals surface area contributed by atoms with E-state index < -0.39 is 6.10 Å². The second-order valence-corrected chi connectivity index (χ2v) is 9.85. The summed E-state index contributed by atoms with van der Waals surface area (Å²) in [5.74, 6) is 1.07. The van der Waals surface area contributed by atoms with Crippen LogP contribution in [-0.2, 0) is 6.42 Å². The van der Waals surface area contributed by atoms with Gasteiger partial charge in [0, 0.05) is 39.2 Å². The van der Waals surface area contributed by atoms with E-state index in [1.165, 1.54) is 9.75 Å².